The predicted molar refractivity (Wildman–Crippen MR) is 87.1 cm³/mol. The molecule has 1 aromatic heterocycles. The predicted octanol–water partition coefficient (Wildman–Crippen LogP) is 3.48. The number of imide groups is 1. The third-order valence-electron chi connectivity index (χ3n) is 4.30. The molecule has 24 heavy (non-hydrogen) atoms. The fourth-order valence-corrected chi connectivity index (χ4v) is 3.06. The van der Waals surface area contributed by atoms with E-state index in [-0.39, 0.29) is 24.2 Å². The maximum absolute atomic E-state index is 13.1. The van der Waals surface area contributed by atoms with Gasteiger partial charge in [-0.15, -0.1) is 0 Å². The van der Waals surface area contributed by atoms with Gasteiger partial charge in [-0.2, -0.15) is 0 Å². The highest BCUT2D eigenvalue weighted by molar-refractivity contribution is 6.25. The van der Waals surface area contributed by atoms with E-state index < -0.39 is 0 Å². The zero-order valence-electron chi connectivity index (χ0n) is 12.9. The Kier molecular flexibility index (Phi) is 3.16. The molecule has 0 atom stereocenters. The number of amides is 2. The molecular formula is C19H13FN2O2. The summed E-state index contributed by atoms with van der Waals surface area (Å²) in [4.78, 5) is 31.1. The number of pyridine rings is 1. The van der Waals surface area contributed by atoms with Crippen LogP contribution >= 0.6 is 0 Å². The van der Waals surface area contributed by atoms with Crippen molar-refractivity contribution >= 4 is 22.7 Å². The van der Waals surface area contributed by atoms with Crippen molar-refractivity contribution in [2.24, 2.45) is 0 Å². The Balaban J connectivity index is 1.83. The quantitative estimate of drug-likeness (QED) is 0.679. The normalized spacial score (nSPS) is 13.7. The van der Waals surface area contributed by atoms with E-state index in [9.17, 15) is 14.0 Å². The van der Waals surface area contributed by atoms with Gasteiger partial charge in [-0.1, -0.05) is 18.2 Å². The third kappa shape index (κ3) is 2.09. The van der Waals surface area contributed by atoms with Crippen LogP contribution in [0.5, 0.6) is 0 Å². The van der Waals surface area contributed by atoms with E-state index in [1.807, 2.05) is 13.0 Å². The lowest BCUT2D eigenvalue weighted by Gasteiger charge is -2.27. The highest BCUT2D eigenvalue weighted by Crippen LogP contribution is 2.31. The summed E-state index contributed by atoms with van der Waals surface area (Å²) in [7, 11) is 0. The van der Waals surface area contributed by atoms with Crippen LogP contribution in [0.3, 0.4) is 0 Å². The number of benzene rings is 2. The lowest BCUT2D eigenvalue weighted by Crippen LogP contribution is -2.39. The van der Waals surface area contributed by atoms with Gasteiger partial charge in [-0.05, 0) is 42.3 Å². The fraction of sp³-hybridized carbons (Fsp3) is 0.105. The lowest BCUT2D eigenvalue weighted by molar-refractivity contribution is 0.0598. The van der Waals surface area contributed by atoms with E-state index in [0.717, 1.165) is 5.56 Å². The van der Waals surface area contributed by atoms with Crippen molar-refractivity contribution in [3.05, 3.63) is 76.7 Å². The van der Waals surface area contributed by atoms with Gasteiger partial charge in [0.05, 0.1) is 23.2 Å². The highest BCUT2D eigenvalue weighted by atomic mass is 19.1. The molecular weight excluding hydrogens is 307 g/mol. The summed E-state index contributed by atoms with van der Waals surface area (Å²) in [6.07, 6.45) is 1.58. The molecule has 2 aromatic carbocycles. The first kappa shape index (κ1) is 14.5. The first-order valence-electron chi connectivity index (χ1n) is 7.55. The van der Waals surface area contributed by atoms with E-state index in [4.69, 9.17) is 0 Å². The largest absolute Gasteiger partial charge is 0.270 e. The summed E-state index contributed by atoms with van der Waals surface area (Å²) in [5, 5.41) is 0.614. The Morgan fingerprint density at radius 2 is 1.62 bits per heavy atom. The van der Waals surface area contributed by atoms with Crippen LogP contribution in [0.2, 0.25) is 0 Å². The zero-order valence-corrected chi connectivity index (χ0v) is 12.9. The van der Waals surface area contributed by atoms with Crippen LogP contribution in [0.25, 0.3) is 10.9 Å². The summed E-state index contributed by atoms with van der Waals surface area (Å²) >= 11 is 0. The maximum Gasteiger partial charge on any atom is 0.261 e. The lowest BCUT2D eigenvalue weighted by atomic mass is 9.94. The zero-order chi connectivity index (χ0) is 16.8. The van der Waals surface area contributed by atoms with Crippen LogP contribution in [-0.2, 0) is 6.54 Å². The number of nitrogens with zero attached hydrogens (tertiary/aromatic N) is 2. The molecule has 3 aromatic rings. The standard InChI is InChI=1S/C19H13FN2O2/c1-11-2-7-14-16-15(8-9-21-17(11)16)19(24)22(18(14)23)10-12-3-5-13(20)6-4-12/h2-9H,10H2,1H3. The van der Waals surface area contributed by atoms with Gasteiger partial charge in [0.2, 0.25) is 0 Å². The molecule has 0 saturated carbocycles. The van der Waals surface area contributed by atoms with E-state index >= 15 is 0 Å². The molecule has 0 fully saturated rings. The highest BCUT2D eigenvalue weighted by Gasteiger charge is 2.33. The van der Waals surface area contributed by atoms with Crippen molar-refractivity contribution in [3.8, 4) is 0 Å². The number of hydrogen-bond donors (Lipinski definition) is 0. The van der Waals surface area contributed by atoms with Gasteiger partial charge in [0.1, 0.15) is 5.82 Å². The summed E-state index contributed by atoms with van der Waals surface area (Å²) in [5.74, 6) is -1.06. The molecule has 0 saturated heterocycles. The first-order chi connectivity index (χ1) is 11.6. The Labute approximate surface area is 137 Å². The van der Waals surface area contributed by atoms with Crippen LogP contribution in [0.15, 0.2) is 48.7 Å². The molecule has 118 valence electrons. The second-order valence-electron chi connectivity index (χ2n) is 5.84. The summed E-state index contributed by atoms with van der Waals surface area (Å²) in [6, 6.07) is 11.0. The van der Waals surface area contributed by atoms with Gasteiger partial charge in [0.25, 0.3) is 11.8 Å². The minimum Gasteiger partial charge on any atom is -0.270 e. The molecule has 0 spiro atoms. The van der Waals surface area contributed by atoms with Crippen LogP contribution in [-0.4, -0.2) is 21.7 Å². The SMILES string of the molecule is Cc1ccc2c3c(ccnc13)C(=O)N(Cc1ccc(F)cc1)C2=O. The van der Waals surface area contributed by atoms with Gasteiger partial charge in [0.15, 0.2) is 0 Å². The molecule has 2 heterocycles. The van der Waals surface area contributed by atoms with Crippen LogP contribution < -0.4 is 0 Å². The number of carbonyl (C=O) groups excluding carboxylic acids is 2. The van der Waals surface area contributed by atoms with E-state index in [2.05, 4.69) is 4.98 Å². The molecule has 4 rings (SSSR count). The monoisotopic (exact) mass is 320 g/mol. The maximum atomic E-state index is 13.1. The van der Waals surface area contributed by atoms with Gasteiger partial charge in [-0.25, -0.2) is 4.39 Å². The molecule has 0 radical (unpaired) electrons. The van der Waals surface area contributed by atoms with Gasteiger partial charge in [0, 0.05) is 11.6 Å². The van der Waals surface area contributed by atoms with Crippen molar-refractivity contribution in [2.45, 2.75) is 13.5 Å². The molecule has 0 bridgehead atoms. The average Bonchev–Trinajstić information content (AvgIpc) is 2.59. The second kappa shape index (κ2) is 5.23. The second-order valence-corrected chi connectivity index (χ2v) is 5.84. The van der Waals surface area contributed by atoms with Crippen LogP contribution in [0.4, 0.5) is 4.39 Å². The minimum atomic E-state index is -0.355. The van der Waals surface area contributed by atoms with Crippen molar-refractivity contribution < 1.29 is 14.0 Å². The average molecular weight is 320 g/mol. The number of hydrogen-bond acceptors (Lipinski definition) is 3. The topological polar surface area (TPSA) is 50.3 Å². The third-order valence-corrected chi connectivity index (χ3v) is 4.30. The van der Waals surface area contributed by atoms with E-state index in [1.165, 1.54) is 17.0 Å². The molecule has 0 unspecified atom stereocenters. The molecule has 0 N–H and O–H groups in total. The fourth-order valence-electron chi connectivity index (χ4n) is 3.06. The molecule has 1 aliphatic heterocycles. The Morgan fingerprint density at radius 1 is 0.958 bits per heavy atom. The molecule has 0 aliphatic carbocycles. The summed E-state index contributed by atoms with van der Waals surface area (Å²) < 4.78 is 13.1. The molecule has 5 heteroatoms. The number of rotatable bonds is 2. The molecule has 1 aliphatic rings. The van der Waals surface area contributed by atoms with E-state index in [0.29, 0.717) is 27.6 Å². The van der Waals surface area contributed by atoms with Crippen molar-refractivity contribution in [1.29, 1.82) is 0 Å². The Hall–Kier alpha value is -3.08. The number of aryl methyl sites for hydroxylation is 1. The first-order valence-corrected chi connectivity index (χ1v) is 7.55. The van der Waals surface area contributed by atoms with Gasteiger partial charge < -0.3 is 0 Å². The van der Waals surface area contributed by atoms with Crippen molar-refractivity contribution in [2.75, 3.05) is 0 Å². The Morgan fingerprint density at radius 3 is 2.33 bits per heavy atom. The minimum absolute atomic E-state index is 0.106. The van der Waals surface area contributed by atoms with Gasteiger partial charge in [-0.3, -0.25) is 19.5 Å². The number of halogens is 1. The summed E-state index contributed by atoms with van der Waals surface area (Å²) in [5.41, 5.74) is 3.23. The van der Waals surface area contributed by atoms with Crippen LogP contribution in [0.1, 0.15) is 31.8 Å². The van der Waals surface area contributed by atoms with Crippen molar-refractivity contribution in [1.82, 2.24) is 9.88 Å². The van der Waals surface area contributed by atoms with Crippen LogP contribution in [0, 0.1) is 12.7 Å². The van der Waals surface area contributed by atoms with Crippen molar-refractivity contribution in [3.63, 3.8) is 0 Å². The molecule has 2 amide bonds. The Bertz CT molecular complexity index is 974. The smallest absolute Gasteiger partial charge is 0.261 e. The van der Waals surface area contributed by atoms with Gasteiger partial charge >= 0.3 is 0 Å². The molecule has 4 nitrogen and oxygen atoms in total. The summed E-state index contributed by atoms with van der Waals surface area (Å²) in [6.45, 7) is 2.00. The number of aromatic nitrogens is 1. The number of carbonyl (C=O) groups is 2. The van der Waals surface area contributed by atoms with E-state index in [1.54, 1.807) is 30.5 Å².